The Kier molecular flexibility index (Phi) is 4.53. The van der Waals surface area contributed by atoms with Crippen molar-refractivity contribution >= 4 is 34.8 Å². The number of fused-ring (bicyclic) bond motifs is 1. The van der Waals surface area contributed by atoms with Crippen LogP contribution in [-0.2, 0) is 14.4 Å². The number of amides is 2. The molecule has 2 saturated heterocycles. The minimum Gasteiger partial charge on any atom is -0.273 e. The molecule has 5 rings (SSSR count). The smallest absolute Gasteiger partial charge is 0.266 e. The Balaban J connectivity index is 1.60. The predicted octanol–water partition coefficient (Wildman–Crippen LogP) is 4.09. The number of para-hydroxylation sites is 1. The van der Waals surface area contributed by atoms with Crippen LogP contribution in [-0.4, -0.2) is 22.9 Å². The molecule has 7 heteroatoms. The van der Waals surface area contributed by atoms with E-state index in [1.807, 2.05) is 42.5 Å². The van der Waals surface area contributed by atoms with Crippen molar-refractivity contribution in [1.82, 2.24) is 4.98 Å². The number of carbonyl (C=O) groups is 2. The molecule has 6 nitrogen and oxygen atoms in total. The van der Waals surface area contributed by atoms with Crippen LogP contribution in [0, 0.1) is 12.8 Å². The van der Waals surface area contributed by atoms with E-state index in [1.54, 1.807) is 42.6 Å². The summed E-state index contributed by atoms with van der Waals surface area (Å²) < 4.78 is 0. The normalized spacial score (nSPS) is 23.2. The lowest BCUT2D eigenvalue weighted by atomic mass is 9.91. The third-order valence-corrected chi connectivity index (χ3v) is 6.04. The van der Waals surface area contributed by atoms with E-state index in [4.69, 9.17) is 16.4 Å². The number of carbonyl (C=O) groups excluding carboxylic acids is 2. The van der Waals surface area contributed by atoms with Gasteiger partial charge in [0.05, 0.1) is 17.4 Å². The average molecular weight is 420 g/mol. The highest BCUT2D eigenvalue weighted by Gasteiger charge is 2.60. The molecule has 3 heterocycles. The molecular formula is C23H18ClN3O3. The van der Waals surface area contributed by atoms with Gasteiger partial charge < -0.3 is 0 Å². The van der Waals surface area contributed by atoms with Crippen LogP contribution in [0.25, 0.3) is 0 Å². The quantitative estimate of drug-likeness (QED) is 0.598. The fourth-order valence-electron chi connectivity index (χ4n) is 4.18. The molecule has 0 radical (unpaired) electrons. The molecule has 0 unspecified atom stereocenters. The predicted molar refractivity (Wildman–Crippen MR) is 113 cm³/mol. The third-order valence-electron chi connectivity index (χ3n) is 5.63. The van der Waals surface area contributed by atoms with Gasteiger partial charge in [-0.3, -0.25) is 19.4 Å². The number of halogens is 1. The van der Waals surface area contributed by atoms with Crippen molar-refractivity contribution in [1.29, 1.82) is 0 Å². The molecular weight excluding hydrogens is 402 g/mol. The Morgan fingerprint density at radius 3 is 2.50 bits per heavy atom. The monoisotopic (exact) mass is 419 g/mol. The number of anilines is 2. The number of pyridine rings is 1. The molecule has 3 atom stereocenters. The summed E-state index contributed by atoms with van der Waals surface area (Å²) in [5, 5.41) is 2.16. The standard InChI is InChI=1S/C23H18ClN3O3/c1-14-17(24)10-5-11-18(14)26-22(28)19-20(15-7-6-12-25-13-15)27(30-21(19)23(26)29)16-8-3-2-4-9-16/h2-13,19-21H,1H3/t19-,20-,21-/m0/s1. The zero-order valence-corrected chi connectivity index (χ0v) is 16.9. The molecule has 3 aromatic rings. The zero-order chi connectivity index (χ0) is 20.8. The Labute approximate surface area is 178 Å². The summed E-state index contributed by atoms with van der Waals surface area (Å²) in [5.41, 5.74) is 2.75. The summed E-state index contributed by atoms with van der Waals surface area (Å²) in [6.45, 7) is 1.79. The largest absolute Gasteiger partial charge is 0.273 e. The molecule has 1 aromatic heterocycles. The molecule has 0 saturated carbocycles. The van der Waals surface area contributed by atoms with Crippen LogP contribution < -0.4 is 9.96 Å². The highest BCUT2D eigenvalue weighted by Crippen LogP contribution is 2.47. The summed E-state index contributed by atoms with van der Waals surface area (Å²) in [6, 6.07) is 17.9. The van der Waals surface area contributed by atoms with Crippen LogP contribution in [0.15, 0.2) is 73.1 Å². The van der Waals surface area contributed by atoms with Crippen molar-refractivity contribution in [3.63, 3.8) is 0 Å². The van der Waals surface area contributed by atoms with Gasteiger partial charge in [-0.2, -0.15) is 0 Å². The Morgan fingerprint density at radius 2 is 1.77 bits per heavy atom. The van der Waals surface area contributed by atoms with E-state index in [-0.39, 0.29) is 11.8 Å². The highest BCUT2D eigenvalue weighted by molar-refractivity contribution is 6.32. The van der Waals surface area contributed by atoms with Crippen molar-refractivity contribution in [3.8, 4) is 0 Å². The molecule has 2 aliphatic heterocycles. The van der Waals surface area contributed by atoms with E-state index in [0.29, 0.717) is 16.3 Å². The first-order valence-electron chi connectivity index (χ1n) is 9.62. The lowest BCUT2D eigenvalue weighted by Gasteiger charge is -2.28. The average Bonchev–Trinajstić information content (AvgIpc) is 3.28. The van der Waals surface area contributed by atoms with Crippen molar-refractivity contribution in [2.75, 3.05) is 9.96 Å². The number of benzene rings is 2. The molecule has 2 amide bonds. The van der Waals surface area contributed by atoms with E-state index < -0.39 is 18.1 Å². The van der Waals surface area contributed by atoms with Gasteiger partial charge in [0, 0.05) is 17.4 Å². The number of hydrogen-bond donors (Lipinski definition) is 0. The molecule has 30 heavy (non-hydrogen) atoms. The molecule has 2 aliphatic rings. The summed E-state index contributed by atoms with van der Waals surface area (Å²) in [5.74, 6) is -1.38. The van der Waals surface area contributed by atoms with Crippen molar-refractivity contribution in [2.24, 2.45) is 5.92 Å². The summed E-state index contributed by atoms with van der Waals surface area (Å²) in [7, 11) is 0. The molecule has 2 aromatic carbocycles. The fourth-order valence-corrected chi connectivity index (χ4v) is 4.35. The van der Waals surface area contributed by atoms with Crippen LogP contribution in [0.2, 0.25) is 5.02 Å². The van der Waals surface area contributed by atoms with Crippen molar-refractivity contribution in [2.45, 2.75) is 19.1 Å². The molecule has 0 spiro atoms. The van der Waals surface area contributed by atoms with Gasteiger partial charge in [0.2, 0.25) is 5.91 Å². The van der Waals surface area contributed by atoms with E-state index in [9.17, 15) is 9.59 Å². The second-order valence-electron chi connectivity index (χ2n) is 7.34. The minimum absolute atomic E-state index is 0.303. The summed E-state index contributed by atoms with van der Waals surface area (Å²) in [6.07, 6.45) is 2.46. The van der Waals surface area contributed by atoms with Gasteiger partial charge in [0.1, 0.15) is 5.92 Å². The van der Waals surface area contributed by atoms with Gasteiger partial charge >= 0.3 is 0 Å². The van der Waals surface area contributed by atoms with E-state index in [1.165, 1.54) is 4.90 Å². The summed E-state index contributed by atoms with van der Waals surface area (Å²) in [4.78, 5) is 38.4. The van der Waals surface area contributed by atoms with Crippen LogP contribution in [0.5, 0.6) is 0 Å². The van der Waals surface area contributed by atoms with Crippen molar-refractivity contribution in [3.05, 3.63) is 89.2 Å². The molecule has 0 N–H and O–H groups in total. The summed E-state index contributed by atoms with van der Waals surface area (Å²) >= 11 is 6.24. The minimum atomic E-state index is -0.915. The number of hydrogen-bond acceptors (Lipinski definition) is 5. The van der Waals surface area contributed by atoms with Gasteiger partial charge in [0.15, 0.2) is 6.10 Å². The Morgan fingerprint density at radius 1 is 0.967 bits per heavy atom. The zero-order valence-electron chi connectivity index (χ0n) is 16.1. The lowest BCUT2D eigenvalue weighted by molar-refractivity contribution is -0.126. The number of imide groups is 1. The van der Waals surface area contributed by atoms with Crippen LogP contribution in [0.1, 0.15) is 17.2 Å². The number of rotatable bonds is 3. The van der Waals surface area contributed by atoms with E-state index in [0.717, 1.165) is 11.3 Å². The first-order valence-corrected chi connectivity index (χ1v) is 9.99. The Bertz CT molecular complexity index is 1120. The van der Waals surface area contributed by atoms with Gasteiger partial charge in [-0.1, -0.05) is 41.9 Å². The topological polar surface area (TPSA) is 62.7 Å². The Hall–Kier alpha value is -3.22. The number of hydroxylamine groups is 1. The number of nitrogens with zero attached hydrogens (tertiary/aromatic N) is 3. The molecule has 2 fully saturated rings. The van der Waals surface area contributed by atoms with Crippen LogP contribution in [0.3, 0.4) is 0 Å². The maximum atomic E-state index is 13.6. The maximum absolute atomic E-state index is 13.6. The van der Waals surface area contributed by atoms with E-state index in [2.05, 4.69) is 4.98 Å². The second kappa shape index (κ2) is 7.23. The van der Waals surface area contributed by atoms with Gasteiger partial charge in [-0.15, -0.1) is 0 Å². The third kappa shape index (κ3) is 2.80. The van der Waals surface area contributed by atoms with Crippen LogP contribution >= 0.6 is 11.6 Å². The first kappa shape index (κ1) is 18.8. The van der Waals surface area contributed by atoms with Gasteiger partial charge in [0.25, 0.3) is 5.91 Å². The van der Waals surface area contributed by atoms with Gasteiger partial charge in [-0.25, -0.2) is 9.96 Å². The van der Waals surface area contributed by atoms with Crippen molar-refractivity contribution < 1.29 is 14.4 Å². The van der Waals surface area contributed by atoms with Crippen LogP contribution in [0.4, 0.5) is 11.4 Å². The van der Waals surface area contributed by atoms with Gasteiger partial charge in [-0.05, 0) is 48.4 Å². The molecule has 150 valence electrons. The SMILES string of the molecule is Cc1c(Cl)cccc1N1C(=O)[C@@H]2[C@H](ON(c3ccccc3)[C@H]2c2cccnc2)C1=O. The maximum Gasteiger partial charge on any atom is 0.266 e. The lowest BCUT2D eigenvalue weighted by Crippen LogP contribution is -2.37. The molecule has 0 bridgehead atoms. The van der Waals surface area contributed by atoms with E-state index >= 15 is 0 Å². The number of aromatic nitrogens is 1. The molecule has 0 aliphatic carbocycles. The highest BCUT2D eigenvalue weighted by atomic mass is 35.5. The first-order chi connectivity index (χ1) is 14.6. The second-order valence-corrected chi connectivity index (χ2v) is 7.75. The fraction of sp³-hybridized carbons (Fsp3) is 0.174.